The lowest BCUT2D eigenvalue weighted by Crippen LogP contribution is -2.01. The van der Waals surface area contributed by atoms with E-state index in [1.54, 1.807) is 0 Å². The quantitative estimate of drug-likeness (QED) is 0.766. The van der Waals surface area contributed by atoms with Gasteiger partial charge in [-0.05, 0) is 42.2 Å². The molecule has 2 heterocycles. The smallest absolute Gasteiger partial charge is 0.0473 e. The summed E-state index contributed by atoms with van der Waals surface area (Å²) < 4.78 is 2.30. The third-order valence-electron chi connectivity index (χ3n) is 3.01. The second kappa shape index (κ2) is 4.52. The van der Waals surface area contributed by atoms with E-state index in [9.17, 15) is 0 Å². The van der Waals surface area contributed by atoms with E-state index in [2.05, 4.69) is 54.7 Å². The van der Waals surface area contributed by atoms with Crippen LogP contribution in [0.1, 0.15) is 36.6 Å². The second-order valence-corrected chi connectivity index (χ2v) is 4.49. The Kier molecular flexibility index (Phi) is 3.09. The van der Waals surface area contributed by atoms with Crippen molar-refractivity contribution in [3.8, 4) is 0 Å². The number of rotatable bonds is 3. The molecule has 0 fully saturated rings. The molecule has 0 aromatic carbocycles. The third-order valence-corrected chi connectivity index (χ3v) is 3.01. The summed E-state index contributed by atoms with van der Waals surface area (Å²) >= 11 is 0. The number of pyridine rings is 1. The predicted octanol–water partition coefficient (Wildman–Crippen LogP) is 3.36. The van der Waals surface area contributed by atoms with E-state index in [0.29, 0.717) is 5.92 Å². The molecule has 0 saturated carbocycles. The van der Waals surface area contributed by atoms with Crippen molar-refractivity contribution in [2.45, 2.75) is 33.2 Å². The van der Waals surface area contributed by atoms with Crippen LogP contribution in [0, 0.1) is 6.92 Å². The zero-order valence-corrected chi connectivity index (χ0v) is 10.1. The SMILES string of the molecule is Cc1c(C(C)C)ccn1Cc1ccncc1. The van der Waals surface area contributed by atoms with E-state index < -0.39 is 0 Å². The van der Waals surface area contributed by atoms with Gasteiger partial charge in [0.15, 0.2) is 0 Å². The van der Waals surface area contributed by atoms with Crippen molar-refractivity contribution in [3.63, 3.8) is 0 Å². The van der Waals surface area contributed by atoms with Crippen molar-refractivity contribution in [1.82, 2.24) is 9.55 Å². The zero-order valence-electron chi connectivity index (χ0n) is 10.1. The normalized spacial score (nSPS) is 11.0. The first-order chi connectivity index (χ1) is 7.68. The fraction of sp³-hybridized carbons (Fsp3) is 0.357. The Morgan fingerprint density at radius 3 is 2.44 bits per heavy atom. The van der Waals surface area contributed by atoms with Gasteiger partial charge in [0.2, 0.25) is 0 Å². The van der Waals surface area contributed by atoms with E-state index >= 15 is 0 Å². The average Bonchev–Trinajstić information content (AvgIpc) is 2.62. The number of aromatic nitrogens is 2. The minimum Gasteiger partial charge on any atom is -0.347 e. The summed E-state index contributed by atoms with van der Waals surface area (Å²) in [5, 5.41) is 0. The summed E-state index contributed by atoms with van der Waals surface area (Å²) in [6.07, 6.45) is 5.86. The molecule has 0 unspecified atom stereocenters. The molecule has 0 bridgehead atoms. The molecule has 0 aliphatic rings. The van der Waals surface area contributed by atoms with Crippen LogP contribution in [-0.2, 0) is 6.54 Å². The van der Waals surface area contributed by atoms with Gasteiger partial charge in [0, 0.05) is 30.8 Å². The summed E-state index contributed by atoms with van der Waals surface area (Å²) in [6.45, 7) is 7.59. The summed E-state index contributed by atoms with van der Waals surface area (Å²) in [5.41, 5.74) is 4.10. The fourth-order valence-corrected chi connectivity index (χ4v) is 2.03. The average molecular weight is 214 g/mol. The number of nitrogens with zero attached hydrogens (tertiary/aromatic N) is 2. The molecule has 0 aliphatic heterocycles. The van der Waals surface area contributed by atoms with Crippen LogP contribution in [0.4, 0.5) is 0 Å². The van der Waals surface area contributed by atoms with Crippen molar-refractivity contribution < 1.29 is 0 Å². The second-order valence-electron chi connectivity index (χ2n) is 4.49. The predicted molar refractivity (Wildman–Crippen MR) is 66.6 cm³/mol. The molecule has 0 aliphatic carbocycles. The zero-order chi connectivity index (χ0) is 11.5. The molecule has 2 aromatic heterocycles. The molecule has 0 spiro atoms. The molecule has 0 radical (unpaired) electrons. The first-order valence-corrected chi connectivity index (χ1v) is 5.73. The van der Waals surface area contributed by atoms with Gasteiger partial charge in [0.1, 0.15) is 0 Å². The van der Waals surface area contributed by atoms with Gasteiger partial charge in [-0.15, -0.1) is 0 Å². The van der Waals surface area contributed by atoms with Gasteiger partial charge in [-0.25, -0.2) is 0 Å². The lowest BCUT2D eigenvalue weighted by Gasteiger charge is -2.09. The third kappa shape index (κ3) is 2.16. The van der Waals surface area contributed by atoms with Gasteiger partial charge in [0.05, 0.1) is 0 Å². The largest absolute Gasteiger partial charge is 0.347 e. The Labute approximate surface area is 97.0 Å². The molecule has 0 N–H and O–H groups in total. The van der Waals surface area contributed by atoms with Crippen molar-refractivity contribution in [1.29, 1.82) is 0 Å². The summed E-state index contributed by atoms with van der Waals surface area (Å²) in [5.74, 6) is 0.596. The van der Waals surface area contributed by atoms with Gasteiger partial charge in [-0.2, -0.15) is 0 Å². The molecule has 2 aromatic rings. The molecule has 16 heavy (non-hydrogen) atoms. The standard InChI is InChI=1S/C14H18N2/c1-11(2)14-6-9-16(12(14)3)10-13-4-7-15-8-5-13/h4-9,11H,10H2,1-3H3. The first-order valence-electron chi connectivity index (χ1n) is 5.73. The lowest BCUT2D eigenvalue weighted by molar-refractivity contribution is 0.755. The van der Waals surface area contributed by atoms with Crippen molar-refractivity contribution in [2.75, 3.05) is 0 Å². The topological polar surface area (TPSA) is 17.8 Å². The Hall–Kier alpha value is -1.57. The lowest BCUT2D eigenvalue weighted by atomic mass is 10.0. The molecule has 0 atom stereocenters. The maximum atomic E-state index is 4.03. The highest BCUT2D eigenvalue weighted by Gasteiger charge is 2.07. The molecule has 0 saturated heterocycles. The summed E-state index contributed by atoms with van der Waals surface area (Å²) in [6, 6.07) is 6.35. The van der Waals surface area contributed by atoms with Crippen LogP contribution in [0.3, 0.4) is 0 Å². The Morgan fingerprint density at radius 1 is 1.19 bits per heavy atom. The van der Waals surface area contributed by atoms with E-state index in [0.717, 1.165) is 6.54 Å². The van der Waals surface area contributed by atoms with E-state index in [-0.39, 0.29) is 0 Å². The molecule has 84 valence electrons. The first kappa shape index (κ1) is 10.9. The molecular formula is C14H18N2. The Bertz CT molecular complexity index is 455. The van der Waals surface area contributed by atoms with E-state index in [1.165, 1.54) is 16.8 Å². The molecule has 2 heteroatoms. The van der Waals surface area contributed by atoms with Crippen LogP contribution in [0.15, 0.2) is 36.8 Å². The fourth-order valence-electron chi connectivity index (χ4n) is 2.03. The van der Waals surface area contributed by atoms with Crippen LogP contribution >= 0.6 is 0 Å². The van der Waals surface area contributed by atoms with E-state index in [4.69, 9.17) is 0 Å². The molecular weight excluding hydrogens is 196 g/mol. The number of hydrogen-bond acceptors (Lipinski definition) is 1. The van der Waals surface area contributed by atoms with Crippen LogP contribution in [0.5, 0.6) is 0 Å². The van der Waals surface area contributed by atoms with Crippen molar-refractivity contribution in [3.05, 3.63) is 53.6 Å². The summed E-state index contributed by atoms with van der Waals surface area (Å²) in [4.78, 5) is 4.03. The van der Waals surface area contributed by atoms with Crippen LogP contribution in [0.25, 0.3) is 0 Å². The molecule has 2 rings (SSSR count). The van der Waals surface area contributed by atoms with Crippen LogP contribution < -0.4 is 0 Å². The van der Waals surface area contributed by atoms with Gasteiger partial charge >= 0.3 is 0 Å². The maximum Gasteiger partial charge on any atom is 0.0473 e. The van der Waals surface area contributed by atoms with Gasteiger partial charge in [-0.1, -0.05) is 13.8 Å². The van der Waals surface area contributed by atoms with Crippen LogP contribution in [-0.4, -0.2) is 9.55 Å². The van der Waals surface area contributed by atoms with Crippen molar-refractivity contribution in [2.24, 2.45) is 0 Å². The highest BCUT2D eigenvalue weighted by molar-refractivity contribution is 5.25. The minimum absolute atomic E-state index is 0.596. The van der Waals surface area contributed by atoms with Crippen molar-refractivity contribution >= 4 is 0 Å². The highest BCUT2D eigenvalue weighted by atomic mass is 15.0. The monoisotopic (exact) mass is 214 g/mol. The Morgan fingerprint density at radius 2 is 1.88 bits per heavy atom. The van der Waals surface area contributed by atoms with Crippen LogP contribution in [0.2, 0.25) is 0 Å². The van der Waals surface area contributed by atoms with Gasteiger partial charge < -0.3 is 4.57 Å². The van der Waals surface area contributed by atoms with Gasteiger partial charge in [-0.3, -0.25) is 4.98 Å². The highest BCUT2D eigenvalue weighted by Crippen LogP contribution is 2.20. The van der Waals surface area contributed by atoms with Gasteiger partial charge in [0.25, 0.3) is 0 Å². The minimum atomic E-state index is 0.596. The maximum absolute atomic E-state index is 4.03. The molecule has 0 amide bonds. The number of hydrogen-bond donors (Lipinski definition) is 0. The molecule has 2 nitrogen and oxygen atoms in total. The Balaban J connectivity index is 2.23. The summed E-state index contributed by atoms with van der Waals surface area (Å²) in [7, 11) is 0. The van der Waals surface area contributed by atoms with E-state index in [1.807, 2.05) is 12.4 Å².